The number of esters is 1. The molecule has 25 heavy (non-hydrogen) atoms. The fourth-order valence-electron chi connectivity index (χ4n) is 2.80. The van der Waals surface area contributed by atoms with Crippen molar-refractivity contribution in [2.75, 3.05) is 19.0 Å². The number of amides is 1. The van der Waals surface area contributed by atoms with Crippen molar-refractivity contribution < 1.29 is 14.3 Å². The second-order valence-electron chi connectivity index (χ2n) is 6.30. The van der Waals surface area contributed by atoms with Crippen molar-refractivity contribution in [3.63, 3.8) is 0 Å². The molecule has 0 unspecified atom stereocenters. The lowest BCUT2D eigenvalue weighted by Gasteiger charge is -2.23. The van der Waals surface area contributed by atoms with Gasteiger partial charge in [-0.1, -0.05) is 19.3 Å². The highest BCUT2D eigenvalue weighted by molar-refractivity contribution is 5.86. The zero-order valence-corrected chi connectivity index (χ0v) is 14.8. The van der Waals surface area contributed by atoms with Crippen LogP contribution in [0.5, 0.6) is 0 Å². The molecular formula is C18H26N4O3. The van der Waals surface area contributed by atoms with E-state index in [1.54, 1.807) is 6.92 Å². The summed E-state index contributed by atoms with van der Waals surface area (Å²) in [6.07, 6.45) is 12.1. The zero-order valence-electron chi connectivity index (χ0n) is 14.8. The number of nitrogens with one attached hydrogen (secondary N) is 2. The van der Waals surface area contributed by atoms with Crippen LogP contribution in [-0.2, 0) is 14.3 Å². The van der Waals surface area contributed by atoms with Crippen molar-refractivity contribution in [2.45, 2.75) is 45.1 Å². The summed E-state index contributed by atoms with van der Waals surface area (Å²) in [7, 11) is 1.31. The summed E-state index contributed by atoms with van der Waals surface area (Å²) in [5.74, 6) is 0.621. The molecule has 0 bridgehead atoms. The largest absolute Gasteiger partial charge is 0.466 e. The normalized spacial score (nSPS) is 16.4. The number of methoxy groups -OCH3 is 1. The number of anilines is 1. The molecule has 1 aliphatic rings. The van der Waals surface area contributed by atoms with Gasteiger partial charge in [-0.15, -0.1) is 0 Å². The SMILES string of the molecule is COC(=O)/C=C/c1cnc(N[C@H](C)C(=O)NCC2CCCCC2)cn1. The number of carbonyl (C=O) groups excluding carboxylic acids is 2. The predicted octanol–water partition coefficient (Wildman–Crippen LogP) is 2.16. The number of ether oxygens (including phenoxy) is 1. The highest BCUT2D eigenvalue weighted by Gasteiger charge is 2.17. The molecule has 0 saturated heterocycles. The number of hydrogen-bond acceptors (Lipinski definition) is 6. The van der Waals surface area contributed by atoms with Crippen LogP contribution in [0.2, 0.25) is 0 Å². The van der Waals surface area contributed by atoms with Crippen LogP contribution in [0.3, 0.4) is 0 Å². The van der Waals surface area contributed by atoms with Gasteiger partial charge >= 0.3 is 5.97 Å². The van der Waals surface area contributed by atoms with Gasteiger partial charge < -0.3 is 15.4 Å². The van der Waals surface area contributed by atoms with Crippen molar-refractivity contribution in [3.05, 3.63) is 24.2 Å². The molecule has 7 heteroatoms. The number of rotatable bonds is 7. The van der Waals surface area contributed by atoms with Gasteiger partial charge in [0.25, 0.3) is 0 Å². The number of hydrogen-bond donors (Lipinski definition) is 2. The average Bonchev–Trinajstić information content (AvgIpc) is 2.66. The minimum atomic E-state index is -0.452. The minimum absolute atomic E-state index is 0.0398. The van der Waals surface area contributed by atoms with Gasteiger partial charge in [0.2, 0.25) is 5.91 Å². The van der Waals surface area contributed by atoms with Crippen molar-refractivity contribution in [3.8, 4) is 0 Å². The highest BCUT2D eigenvalue weighted by Crippen LogP contribution is 2.22. The second kappa shape index (κ2) is 9.76. The van der Waals surface area contributed by atoms with Crippen LogP contribution in [0.15, 0.2) is 18.5 Å². The maximum absolute atomic E-state index is 12.2. The molecule has 2 N–H and O–H groups in total. The molecule has 1 atom stereocenters. The first-order valence-corrected chi connectivity index (χ1v) is 8.71. The smallest absolute Gasteiger partial charge is 0.330 e. The third-order valence-corrected chi connectivity index (χ3v) is 4.31. The molecular weight excluding hydrogens is 320 g/mol. The van der Waals surface area contributed by atoms with Gasteiger partial charge in [0.15, 0.2) is 0 Å². The summed E-state index contributed by atoms with van der Waals surface area (Å²) < 4.78 is 4.51. The predicted molar refractivity (Wildman–Crippen MR) is 95.8 cm³/mol. The number of nitrogens with zero attached hydrogens (tertiary/aromatic N) is 2. The third kappa shape index (κ3) is 6.52. The molecule has 1 saturated carbocycles. The van der Waals surface area contributed by atoms with Crippen LogP contribution in [0.4, 0.5) is 5.82 Å². The van der Waals surface area contributed by atoms with Crippen LogP contribution >= 0.6 is 0 Å². The maximum Gasteiger partial charge on any atom is 0.330 e. The summed E-state index contributed by atoms with van der Waals surface area (Å²) in [6, 6.07) is -0.394. The lowest BCUT2D eigenvalue weighted by molar-refractivity contribution is -0.134. The Hall–Kier alpha value is -2.44. The van der Waals surface area contributed by atoms with Gasteiger partial charge in [-0.25, -0.2) is 9.78 Å². The highest BCUT2D eigenvalue weighted by atomic mass is 16.5. The molecule has 0 spiro atoms. The Morgan fingerprint density at radius 1 is 1.28 bits per heavy atom. The maximum atomic E-state index is 12.2. The van der Waals surface area contributed by atoms with Gasteiger partial charge in [0.1, 0.15) is 11.9 Å². The molecule has 0 aromatic carbocycles. The second-order valence-corrected chi connectivity index (χ2v) is 6.30. The van der Waals surface area contributed by atoms with Crippen LogP contribution < -0.4 is 10.6 Å². The fraction of sp³-hybridized carbons (Fsp3) is 0.556. The van der Waals surface area contributed by atoms with E-state index < -0.39 is 12.0 Å². The Morgan fingerprint density at radius 3 is 2.68 bits per heavy atom. The molecule has 1 aromatic rings. The summed E-state index contributed by atoms with van der Waals surface area (Å²) in [5, 5.41) is 6.04. The lowest BCUT2D eigenvalue weighted by atomic mass is 9.89. The van der Waals surface area contributed by atoms with Crippen molar-refractivity contribution in [2.24, 2.45) is 5.92 Å². The van der Waals surface area contributed by atoms with E-state index in [0.29, 0.717) is 17.4 Å². The quantitative estimate of drug-likeness (QED) is 0.580. The van der Waals surface area contributed by atoms with Crippen LogP contribution in [0.1, 0.15) is 44.7 Å². The Kier molecular flexibility index (Phi) is 7.37. The summed E-state index contributed by atoms with van der Waals surface area (Å²) in [4.78, 5) is 31.6. The topological polar surface area (TPSA) is 93.2 Å². The first-order valence-electron chi connectivity index (χ1n) is 8.71. The van der Waals surface area contributed by atoms with Gasteiger partial charge in [-0.3, -0.25) is 9.78 Å². The van der Waals surface area contributed by atoms with Gasteiger partial charge in [0, 0.05) is 12.6 Å². The van der Waals surface area contributed by atoms with Gasteiger partial charge in [-0.05, 0) is 31.8 Å². The summed E-state index contributed by atoms with van der Waals surface area (Å²) >= 11 is 0. The standard InChI is InChI=1S/C18H26N4O3/c1-13(18(24)21-10-14-6-4-3-5-7-14)22-16-12-19-15(11-20-16)8-9-17(23)25-2/h8-9,11-14H,3-7,10H2,1-2H3,(H,20,22)(H,21,24)/b9-8+/t13-/m1/s1. The molecule has 1 aliphatic carbocycles. The van der Waals surface area contributed by atoms with E-state index >= 15 is 0 Å². The molecule has 136 valence electrons. The van der Waals surface area contributed by atoms with Crippen LogP contribution in [0.25, 0.3) is 6.08 Å². The van der Waals surface area contributed by atoms with Crippen molar-refractivity contribution in [1.29, 1.82) is 0 Å². The molecule has 1 fully saturated rings. The number of aromatic nitrogens is 2. The van der Waals surface area contributed by atoms with E-state index in [1.165, 1.54) is 63.8 Å². The van der Waals surface area contributed by atoms with E-state index in [4.69, 9.17) is 0 Å². The van der Waals surface area contributed by atoms with E-state index in [2.05, 4.69) is 25.3 Å². The van der Waals surface area contributed by atoms with Crippen molar-refractivity contribution in [1.82, 2.24) is 15.3 Å². The molecule has 2 rings (SSSR count). The molecule has 0 radical (unpaired) electrons. The fourth-order valence-corrected chi connectivity index (χ4v) is 2.80. The van der Waals surface area contributed by atoms with E-state index in [1.807, 2.05) is 0 Å². The third-order valence-electron chi connectivity index (χ3n) is 4.31. The van der Waals surface area contributed by atoms with Crippen LogP contribution in [-0.4, -0.2) is 41.5 Å². The summed E-state index contributed by atoms with van der Waals surface area (Å²) in [6.45, 7) is 2.54. The van der Waals surface area contributed by atoms with E-state index in [0.717, 1.165) is 6.54 Å². The molecule has 1 aromatic heterocycles. The lowest BCUT2D eigenvalue weighted by Crippen LogP contribution is -2.40. The summed E-state index contributed by atoms with van der Waals surface area (Å²) in [5.41, 5.74) is 0.533. The zero-order chi connectivity index (χ0) is 18.1. The minimum Gasteiger partial charge on any atom is -0.466 e. The monoisotopic (exact) mass is 346 g/mol. The molecule has 7 nitrogen and oxygen atoms in total. The number of carbonyl (C=O) groups is 2. The Balaban J connectivity index is 1.78. The van der Waals surface area contributed by atoms with Gasteiger partial charge in [0.05, 0.1) is 25.2 Å². The Bertz CT molecular complexity index is 595. The first kappa shape index (κ1) is 18.9. The molecule has 1 amide bonds. The van der Waals surface area contributed by atoms with Gasteiger partial charge in [-0.2, -0.15) is 0 Å². The van der Waals surface area contributed by atoms with E-state index in [9.17, 15) is 9.59 Å². The van der Waals surface area contributed by atoms with E-state index in [-0.39, 0.29) is 5.91 Å². The Morgan fingerprint density at radius 2 is 2.04 bits per heavy atom. The average molecular weight is 346 g/mol. The molecule has 1 heterocycles. The van der Waals surface area contributed by atoms with Crippen molar-refractivity contribution >= 4 is 23.8 Å². The molecule has 0 aliphatic heterocycles. The van der Waals surface area contributed by atoms with Crippen LogP contribution in [0, 0.1) is 5.92 Å². The Labute approximate surface area is 148 Å². The first-order chi connectivity index (χ1) is 12.1.